The van der Waals surface area contributed by atoms with Gasteiger partial charge in [0.2, 0.25) is 0 Å². The van der Waals surface area contributed by atoms with Gasteiger partial charge in [0.15, 0.2) is 5.76 Å². The third kappa shape index (κ3) is 4.37. The Hall–Kier alpha value is -2.37. The van der Waals surface area contributed by atoms with Gasteiger partial charge in [-0.3, -0.25) is 9.69 Å². The summed E-state index contributed by atoms with van der Waals surface area (Å²) in [4.78, 5) is 15.4. The molecule has 1 saturated heterocycles. The fourth-order valence-corrected chi connectivity index (χ4v) is 4.53. The van der Waals surface area contributed by atoms with Gasteiger partial charge in [0.25, 0.3) is 5.91 Å². The van der Waals surface area contributed by atoms with Gasteiger partial charge in [0.05, 0.1) is 6.04 Å². The number of carbonyl (C=O) groups excluding carboxylic acids is 1. The molecule has 1 aliphatic heterocycles. The molecule has 0 spiro atoms. The fraction of sp³-hybridized carbons (Fsp3) is 0.375. The second-order valence-corrected chi connectivity index (χ2v) is 8.30. The van der Waals surface area contributed by atoms with E-state index in [9.17, 15) is 9.18 Å². The van der Waals surface area contributed by atoms with Crippen molar-refractivity contribution in [2.75, 3.05) is 19.6 Å². The van der Waals surface area contributed by atoms with Crippen LogP contribution in [0.15, 0.2) is 46.9 Å². The first-order chi connectivity index (χ1) is 14.5. The van der Waals surface area contributed by atoms with Gasteiger partial charge in [-0.1, -0.05) is 42.6 Å². The number of benzene rings is 2. The van der Waals surface area contributed by atoms with Crippen LogP contribution in [0.2, 0.25) is 5.02 Å². The van der Waals surface area contributed by atoms with Crippen LogP contribution < -0.4 is 5.32 Å². The summed E-state index contributed by atoms with van der Waals surface area (Å²) in [5.41, 5.74) is 2.17. The van der Waals surface area contributed by atoms with E-state index in [2.05, 4.69) is 10.2 Å². The molecule has 0 radical (unpaired) electrons. The Morgan fingerprint density at radius 1 is 1.17 bits per heavy atom. The number of nitrogens with zero attached hydrogens (tertiary/aromatic N) is 1. The predicted molar refractivity (Wildman–Crippen MR) is 117 cm³/mol. The standard InChI is InChI=1S/C24H26ClFN2O2/c1-16-19-14-17(26)10-11-22(19)30-23(16)24(29)27-15-21(18-8-4-5-9-20(18)25)28-12-6-2-3-7-13-28/h4-5,8-11,14,21H,2-3,6-7,12-13,15H2,1H3,(H,27,29). The number of hydrogen-bond donors (Lipinski definition) is 1. The fourth-order valence-electron chi connectivity index (χ4n) is 4.27. The lowest BCUT2D eigenvalue weighted by Gasteiger charge is -2.31. The van der Waals surface area contributed by atoms with Crippen LogP contribution in [0.5, 0.6) is 0 Å². The van der Waals surface area contributed by atoms with Crippen LogP contribution in [0.3, 0.4) is 0 Å². The lowest BCUT2D eigenvalue weighted by atomic mass is 10.0. The highest BCUT2D eigenvalue weighted by molar-refractivity contribution is 6.31. The summed E-state index contributed by atoms with van der Waals surface area (Å²) < 4.78 is 19.3. The number of nitrogens with one attached hydrogen (secondary N) is 1. The van der Waals surface area contributed by atoms with Crippen molar-refractivity contribution in [2.24, 2.45) is 0 Å². The molecule has 6 heteroatoms. The first kappa shape index (κ1) is 20.9. The maximum atomic E-state index is 13.6. The Labute approximate surface area is 181 Å². The Kier molecular flexibility index (Phi) is 6.40. The Bertz CT molecular complexity index is 1040. The molecular weight excluding hydrogens is 403 g/mol. The summed E-state index contributed by atoms with van der Waals surface area (Å²) in [6.45, 7) is 4.16. The molecule has 3 aromatic rings. The summed E-state index contributed by atoms with van der Waals surface area (Å²) >= 11 is 6.51. The predicted octanol–water partition coefficient (Wildman–Crippen LogP) is 5.88. The number of fused-ring (bicyclic) bond motifs is 1. The van der Waals surface area contributed by atoms with Gasteiger partial charge in [-0.2, -0.15) is 0 Å². The SMILES string of the molecule is Cc1c(C(=O)NCC(c2ccccc2Cl)N2CCCCCC2)oc2ccc(F)cc12. The minimum atomic E-state index is -0.349. The lowest BCUT2D eigenvalue weighted by molar-refractivity contribution is 0.0907. The van der Waals surface area contributed by atoms with Crippen LogP contribution in [-0.4, -0.2) is 30.4 Å². The van der Waals surface area contributed by atoms with Gasteiger partial charge in [0.1, 0.15) is 11.4 Å². The summed E-state index contributed by atoms with van der Waals surface area (Å²) in [5, 5.41) is 4.36. The van der Waals surface area contributed by atoms with Crippen molar-refractivity contribution in [2.45, 2.75) is 38.6 Å². The first-order valence-corrected chi connectivity index (χ1v) is 10.9. The van der Waals surface area contributed by atoms with Crippen LogP contribution >= 0.6 is 11.6 Å². The summed E-state index contributed by atoms with van der Waals surface area (Å²) in [7, 11) is 0. The molecule has 4 rings (SSSR count). The van der Waals surface area contributed by atoms with Crippen LogP contribution in [0.25, 0.3) is 11.0 Å². The average molecular weight is 429 g/mol. The monoisotopic (exact) mass is 428 g/mol. The lowest BCUT2D eigenvalue weighted by Crippen LogP contribution is -2.39. The zero-order valence-electron chi connectivity index (χ0n) is 17.1. The molecule has 1 atom stereocenters. The van der Waals surface area contributed by atoms with E-state index in [1.807, 2.05) is 24.3 Å². The van der Waals surface area contributed by atoms with Crippen molar-refractivity contribution >= 4 is 28.5 Å². The van der Waals surface area contributed by atoms with E-state index >= 15 is 0 Å². The van der Waals surface area contributed by atoms with Gasteiger partial charge < -0.3 is 9.73 Å². The molecule has 1 aromatic heterocycles. The van der Waals surface area contributed by atoms with Crippen LogP contribution in [0.1, 0.15) is 53.4 Å². The van der Waals surface area contributed by atoms with E-state index in [4.69, 9.17) is 16.0 Å². The number of amides is 1. The number of carbonyl (C=O) groups is 1. The number of rotatable bonds is 5. The molecule has 0 aliphatic carbocycles. The quantitative estimate of drug-likeness (QED) is 0.551. The highest BCUT2D eigenvalue weighted by Gasteiger charge is 2.25. The molecule has 0 saturated carbocycles. The maximum absolute atomic E-state index is 13.6. The van der Waals surface area contributed by atoms with Gasteiger partial charge in [-0.15, -0.1) is 0 Å². The number of furan rings is 1. The number of likely N-dealkylation sites (tertiary alicyclic amines) is 1. The topological polar surface area (TPSA) is 45.5 Å². The van der Waals surface area contributed by atoms with Crippen molar-refractivity contribution in [1.29, 1.82) is 0 Å². The molecule has 4 nitrogen and oxygen atoms in total. The Balaban J connectivity index is 1.57. The summed E-state index contributed by atoms with van der Waals surface area (Å²) in [6, 6.07) is 12.1. The second-order valence-electron chi connectivity index (χ2n) is 7.89. The largest absolute Gasteiger partial charge is 0.451 e. The van der Waals surface area contributed by atoms with Crippen LogP contribution in [0.4, 0.5) is 4.39 Å². The van der Waals surface area contributed by atoms with Crippen molar-refractivity contribution in [3.05, 3.63) is 70.2 Å². The van der Waals surface area contributed by atoms with Crippen molar-refractivity contribution in [1.82, 2.24) is 10.2 Å². The smallest absolute Gasteiger partial charge is 0.287 e. The van der Waals surface area contributed by atoms with E-state index in [1.54, 1.807) is 13.0 Å². The third-order valence-electron chi connectivity index (χ3n) is 5.91. The van der Waals surface area contributed by atoms with Crippen molar-refractivity contribution in [3.8, 4) is 0 Å². The normalized spacial score (nSPS) is 16.4. The Morgan fingerprint density at radius 2 is 1.90 bits per heavy atom. The first-order valence-electron chi connectivity index (χ1n) is 10.5. The molecule has 0 bridgehead atoms. The van der Waals surface area contributed by atoms with E-state index in [1.165, 1.54) is 25.0 Å². The van der Waals surface area contributed by atoms with E-state index in [0.29, 0.717) is 28.1 Å². The molecule has 2 aromatic carbocycles. The molecule has 1 N–H and O–H groups in total. The zero-order valence-corrected chi connectivity index (χ0v) is 17.8. The molecular formula is C24H26ClFN2O2. The molecule has 1 fully saturated rings. The number of aryl methyl sites for hydroxylation is 1. The van der Waals surface area contributed by atoms with Gasteiger partial charge in [-0.05, 0) is 62.7 Å². The van der Waals surface area contributed by atoms with Crippen molar-refractivity contribution < 1.29 is 13.6 Å². The van der Waals surface area contributed by atoms with Gasteiger partial charge in [0, 0.05) is 22.5 Å². The zero-order chi connectivity index (χ0) is 21.1. The summed E-state index contributed by atoms with van der Waals surface area (Å²) in [5.74, 6) is -0.418. The minimum Gasteiger partial charge on any atom is -0.451 e. The highest BCUT2D eigenvalue weighted by Crippen LogP contribution is 2.30. The minimum absolute atomic E-state index is 0.0112. The average Bonchev–Trinajstić information content (AvgIpc) is 2.91. The number of halogens is 2. The maximum Gasteiger partial charge on any atom is 0.287 e. The molecule has 2 heterocycles. The second kappa shape index (κ2) is 9.19. The number of hydrogen-bond acceptors (Lipinski definition) is 3. The molecule has 158 valence electrons. The van der Waals surface area contributed by atoms with Gasteiger partial charge in [-0.25, -0.2) is 4.39 Å². The molecule has 30 heavy (non-hydrogen) atoms. The van der Waals surface area contributed by atoms with Gasteiger partial charge >= 0.3 is 0 Å². The van der Waals surface area contributed by atoms with E-state index in [0.717, 1.165) is 31.5 Å². The molecule has 1 amide bonds. The summed E-state index contributed by atoms with van der Waals surface area (Å²) in [6.07, 6.45) is 4.74. The molecule has 1 aliphatic rings. The highest BCUT2D eigenvalue weighted by atomic mass is 35.5. The van der Waals surface area contributed by atoms with E-state index in [-0.39, 0.29) is 23.5 Å². The van der Waals surface area contributed by atoms with Crippen molar-refractivity contribution in [3.63, 3.8) is 0 Å². The van der Waals surface area contributed by atoms with Crippen LogP contribution in [-0.2, 0) is 0 Å². The third-order valence-corrected chi connectivity index (χ3v) is 6.25. The Morgan fingerprint density at radius 3 is 2.63 bits per heavy atom. The molecule has 1 unspecified atom stereocenters. The van der Waals surface area contributed by atoms with Crippen LogP contribution in [0, 0.1) is 12.7 Å². The van der Waals surface area contributed by atoms with E-state index < -0.39 is 0 Å².